The lowest BCUT2D eigenvalue weighted by Crippen LogP contribution is -2.42. The fourth-order valence-corrected chi connectivity index (χ4v) is 2.71. The van der Waals surface area contributed by atoms with Crippen LogP contribution in [0.3, 0.4) is 0 Å². The zero-order valence-electron chi connectivity index (χ0n) is 12.6. The molecule has 1 aliphatic rings. The van der Waals surface area contributed by atoms with Gasteiger partial charge in [-0.05, 0) is 37.5 Å². The highest BCUT2D eigenvalue weighted by molar-refractivity contribution is 6.32. The molecule has 1 fully saturated rings. The predicted molar refractivity (Wildman–Crippen MR) is 86.4 cm³/mol. The number of benzene rings is 1. The minimum absolute atomic E-state index is 0.103. The van der Waals surface area contributed by atoms with Crippen LogP contribution in [0, 0.1) is 5.92 Å². The Balaban J connectivity index is 1.97. The van der Waals surface area contributed by atoms with E-state index in [1.165, 1.54) is 6.08 Å². The van der Waals surface area contributed by atoms with Crippen LogP contribution in [0.5, 0.6) is 0 Å². The van der Waals surface area contributed by atoms with Gasteiger partial charge in [0.2, 0.25) is 5.91 Å². The standard InChI is InChI=1S/C17H20ClNO3/c1-2-22-17(21)14-7-5-11-19(12-14)16(20)10-9-13-6-3-4-8-15(13)18/h3-4,6,8-10,14H,2,5,7,11-12H2,1H3/b10-9-/t14-/m1/s1. The van der Waals surface area contributed by atoms with Gasteiger partial charge in [0.25, 0.3) is 0 Å². The van der Waals surface area contributed by atoms with Gasteiger partial charge >= 0.3 is 5.97 Å². The van der Waals surface area contributed by atoms with Crippen LogP contribution in [0.15, 0.2) is 30.3 Å². The average Bonchev–Trinajstić information content (AvgIpc) is 2.54. The van der Waals surface area contributed by atoms with Crippen LogP contribution in [-0.2, 0) is 14.3 Å². The van der Waals surface area contributed by atoms with Gasteiger partial charge in [-0.25, -0.2) is 0 Å². The highest BCUT2D eigenvalue weighted by Gasteiger charge is 2.28. The summed E-state index contributed by atoms with van der Waals surface area (Å²) in [4.78, 5) is 25.7. The smallest absolute Gasteiger partial charge is 0.310 e. The lowest BCUT2D eigenvalue weighted by Gasteiger charge is -2.30. The molecule has 0 bridgehead atoms. The number of esters is 1. The monoisotopic (exact) mass is 321 g/mol. The van der Waals surface area contributed by atoms with Crippen molar-refractivity contribution in [3.63, 3.8) is 0 Å². The van der Waals surface area contributed by atoms with Crippen molar-refractivity contribution < 1.29 is 14.3 Å². The van der Waals surface area contributed by atoms with Gasteiger partial charge in [0.05, 0.1) is 12.5 Å². The van der Waals surface area contributed by atoms with E-state index >= 15 is 0 Å². The van der Waals surface area contributed by atoms with Gasteiger partial charge in [0.15, 0.2) is 0 Å². The Morgan fingerprint density at radius 2 is 2.18 bits per heavy atom. The maximum Gasteiger partial charge on any atom is 0.310 e. The van der Waals surface area contributed by atoms with Crippen molar-refractivity contribution in [3.05, 3.63) is 40.9 Å². The first-order valence-corrected chi connectivity index (χ1v) is 7.87. The highest BCUT2D eigenvalue weighted by Crippen LogP contribution is 2.19. The Morgan fingerprint density at radius 1 is 1.41 bits per heavy atom. The Hall–Kier alpha value is -1.81. The summed E-state index contributed by atoms with van der Waals surface area (Å²) >= 11 is 6.06. The highest BCUT2D eigenvalue weighted by atomic mass is 35.5. The number of piperidine rings is 1. The number of hydrogen-bond acceptors (Lipinski definition) is 3. The number of rotatable bonds is 4. The maximum absolute atomic E-state index is 12.3. The van der Waals surface area contributed by atoms with Crippen molar-refractivity contribution in [3.8, 4) is 0 Å². The maximum atomic E-state index is 12.3. The molecule has 0 unspecified atom stereocenters. The molecular formula is C17H20ClNO3. The first-order valence-electron chi connectivity index (χ1n) is 7.50. The Bertz CT molecular complexity index is 571. The summed E-state index contributed by atoms with van der Waals surface area (Å²) in [6.07, 6.45) is 4.80. The van der Waals surface area contributed by atoms with Crippen LogP contribution in [0.2, 0.25) is 5.02 Å². The van der Waals surface area contributed by atoms with Gasteiger partial charge < -0.3 is 9.64 Å². The summed E-state index contributed by atoms with van der Waals surface area (Å²) in [5.74, 6) is -0.532. The van der Waals surface area contributed by atoms with Crippen LogP contribution < -0.4 is 0 Å². The Labute approximate surface area is 135 Å². The lowest BCUT2D eigenvalue weighted by atomic mass is 9.98. The molecule has 0 aromatic heterocycles. The van der Waals surface area contributed by atoms with E-state index in [2.05, 4.69) is 0 Å². The van der Waals surface area contributed by atoms with Crippen LogP contribution in [0.1, 0.15) is 25.3 Å². The summed E-state index contributed by atoms with van der Waals surface area (Å²) in [7, 11) is 0. The van der Waals surface area contributed by atoms with Crippen molar-refractivity contribution in [2.75, 3.05) is 19.7 Å². The SMILES string of the molecule is CCOC(=O)[C@@H]1CCCN(C(=O)/C=C\c2ccccc2Cl)C1. The summed E-state index contributed by atoms with van der Waals surface area (Å²) in [6.45, 7) is 3.25. The topological polar surface area (TPSA) is 46.6 Å². The molecule has 0 N–H and O–H groups in total. The molecule has 0 aliphatic carbocycles. The molecule has 22 heavy (non-hydrogen) atoms. The number of carbonyl (C=O) groups excluding carboxylic acids is 2. The first-order chi connectivity index (χ1) is 10.6. The van der Waals surface area contributed by atoms with E-state index in [4.69, 9.17) is 16.3 Å². The van der Waals surface area contributed by atoms with Crippen molar-refractivity contribution in [2.24, 2.45) is 5.92 Å². The lowest BCUT2D eigenvalue weighted by molar-refractivity contribution is -0.150. The third kappa shape index (κ3) is 4.34. The quantitative estimate of drug-likeness (QED) is 0.632. The zero-order valence-corrected chi connectivity index (χ0v) is 13.4. The summed E-state index contributed by atoms with van der Waals surface area (Å²) in [6, 6.07) is 7.34. The molecule has 4 nitrogen and oxygen atoms in total. The molecule has 0 spiro atoms. The van der Waals surface area contributed by atoms with E-state index in [1.54, 1.807) is 24.0 Å². The van der Waals surface area contributed by atoms with Crippen LogP contribution >= 0.6 is 11.6 Å². The number of halogens is 1. The third-order valence-electron chi connectivity index (χ3n) is 3.66. The fraction of sp³-hybridized carbons (Fsp3) is 0.412. The average molecular weight is 322 g/mol. The molecule has 1 aliphatic heterocycles. The number of amides is 1. The molecule has 1 amide bonds. The molecule has 1 aromatic carbocycles. The first kappa shape index (κ1) is 16.6. The molecule has 0 radical (unpaired) electrons. The Morgan fingerprint density at radius 3 is 2.91 bits per heavy atom. The molecule has 2 rings (SSSR count). The van der Waals surface area contributed by atoms with Crippen LogP contribution in [0.25, 0.3) is 6.08 Å². The number of nitrogens with zero attached hydrogens (tertiary/aromatic N) is 1. The minimum Gasteiger partial charge on any atom is -0.466 e. The van der Waals surface area contributed by atoms with Crippen LogP contribution in [-0.4, -0.2) is 36.5 Å². The van der Waals surface area contributed by atoms with E-state index in [9.17, 15) is 9.59 Å². The van der Waals surface area contributed by atoms with E-state index in [-0.39, 0.29) is 17.8 Å². The molecular weight excluding hydrogens is 302 g/mol. The van der Waals surface area contributed by atoms with Crippen molar-refractivity contribution in [1.29, 1.82) is 0 Å². The van der Waals surface area contributed by atoms with Crippen molar-refractivity contribution in [2.45, 2.75) is 19.8 Å². The summed E-state index contributed by atoms with van der Waals surface area (Å²) in [5, 5.41) is 0.606. The second-order valence-electron chi connectivity index (χ2n) is 5.23. The van der Waals surface area contributed by atoms with Crippen molar-refractivity contribution >= 4 is 29.6 Å². The molecule has 118 valence electrons. The van der Waals surface area contributed by atoms with Gasteiger partial charge in [0.1, 0.15) is 0 Å². The molecule has 5 heteroatoms. The van der Waals surface area contributed by atoms with E-state index in [0.717, 1.165) is 18.4 Å². The fourth-order valence-electron chi connectivity index (χ4n) is 2.51. The van der Waals surface area contributed by atoms with Gasteiger partial charge in [-0.2, -0.15) is 0 Å². The van der Waals surface area contributed by atoms with Crippen molar-refractivity contribution in [1.82, 2.24) is 4.90 Å². The van der Waals surface area contributed by atoms with Gasteiger partial charge in [-0.15, -0.1) is 0 Å². The van der Waals surface area contributed by atoms with E-state index < -0.39 is 0 Å². The van der Waals surface area contributed by atoms with Gasteiger partial charge in [0, 0.05) is 24.2 Å². The molecule has 1 heterocycles. The molecule has 1 atom stereocenters. The minimum atomic E-state index is -0.216. The largest absolute Gasteiger partial charge is 0.466 e. The number of hydrogen-bond donors (Lipinski definition) is 0. The van der Waals surface area contributed by atoms with Gasteiger partial charge in [-0.1, -0.05) is 29.8 Å². The number of ether oxygens (including phenoxy) is 1. The molecule has 0 saturated carbocycles. The summed E-state index contributed by atoms with van der Waals surface area (Å²) < 4.78 is 5.04. The number of carbonyl (C=O) groups is 2. The molecule has 1 aromatic rings. The summed E-state index contributed by atoms with van der Waals surface area (Å²) in [5.41, 5.74) is 0.802. The number of likely N-dealkylation sites (tertiary alicyclic amines) is 1. The van der Waals surface area contributed by atoms with E-state index in [1.807, 2.05) is 18.2 Å². The Kier molecular flexibility index (Phi) is 6.01. The van der Waals surface area contributed by atoms with Gasteiger partial charge in [-0.3, -0.25) is 9.59 Å². The normalized spacial score (nSPS) is 18.5. The van der Waals surface area contributed by atoms with Crippen LogP contribution in [0.4, 0.5) is 0 Å². The third-order valence-corrected chi connectivity index (χ3v) is 4.01. The van der Waals surface area contributed by atoms with E-state index in [0.29, 0.717) is 24.7 Å². The zero-order chi connectivity index (χ0) is 15.9. The predicted octanol–water partition coefficient (Wildman–Crippen LogP) is 3.15. The second kappa shape index (κ2) is 7.99. The second-order valence-corrected chi connectivity index (χ2v) is 5.64. The molecule has 1 saturated heterocycles.